The molecule has 3 heterocycles. The number of halogens is 1. The molecule has 31 heavy (non-hydrogen) atoms. The average molecular weight is 444 g/mol. The molecule has 3 aromatic rings. The van der Waals surface area contributed by atoms with Crippen LogP contribution in [0.25, 0.3) is 10.2 Å². The quantitative estimate of drug-likeness (QED) is 0.606. The van der Waals surface area contributed by atoms with Gasteiger partial charge in [-0.05, 0) is 30.3 Å². The Balaban J connectivity index is 1.53. The number of hydrogen-bond acceptors (Lipinski definition) is 6. The topological polar surface area (TPSA) is 72.0 Å². The number of fused-ring (bicyclic) bond motifs is 1. The third-order valence-electron chi connectivity index (χ3n) is 5.02. The first-order valence-corrected chi connectivity index (χ1v) is 10.6. The zero-order valence-corrected chi connectivity index (χ0v) is 18.0. The molecule has 0 unspecified atom stereocenters. The van der Waals surface area contributed by atoms with Gasteiger partial charge in [-0.3, -0.25) is 9.59 Å². The van der Waals surface area contributed by atoms with Crippen LogP contribution >= 0.6 is 11.3 Å². The van der Waals surface area contributed by atoms with Crippen LogP contribution in [0.5, 0.6) is 5.75 Å². The van der Waals surface area contributed by atoms with E-state index >= 15 is 0 Å². The van der Waals surface area contributed by atoms with Gasteiger partial charge in [-0.2, -0.15) is 0 Å². The van der Waals surface area contributed by atoms with E-state index in [4.69, 9.17) is 9.47 Å². The van der Waals surface area contributed by atoms with Gasteiger partial charge in [-0.15, -0.1) is 11.3 Å². The van der Waals surface area contributed by atoms with Crippen molar-refractivity contribution in [1.82, 2.24) is 14.8 Å². The molecule has 2 aromatic heterocycles. The second-order valence-corrected chi connectivity index (χ2v) is 8.34. The van der Waals surface area contributed by atoms with Gasteiger partial charge >= 0.3 is 0 Å². The van der Waals surface area contributed by atoms with E-state index in [1.807, 2.05) is 12.1 Å². The van der Waals surface area contributed by atoms with Crippen LogP contribution in [0.4, 0.5) is 4.39 Å². The third kappa shape index (κ3) is 4.52. The Morgan fingerprint density at radius 1 is 1.29 bits per heavy atom. The van der Waals surface area contributed by atoms with Gasteiger partial charge in [0.1, 0.15) is 27.4 Å². The SMILES string of the molecule is CN(C)C(=O)c1sc2ncccc2c1[C@H]1CN(C(=O)COc2ccc(F)cc2)CCO1. The molecule has 2 amide bonds. The largest absolute Gasteiger partial charge is 0.484 e. The van der Waals surface area contributed by atoms with Crippen molar-refractivity contribution < 1.29 is 23.5 Å². The summed E-state index contributed by atoms with van der Waals surface area (Å²) in [5.41, 5.74) is 0.767. The van der Waals surface area contributed by atoms with Crippen molar-refractivity contribution in [3.8, 4) is 5.75 Å². The molecule has 0 bridgehead atoms. The van der Waals surface area contributed by atoms with Crippen LogP contribution in [-0.4, -0.2) is 67.0 Å². The summed E-state index contributed by atoms with van der Waals surface area (Å²) in [6, 6.07) is 9.27. The number of aromatic nitrogens is 1. The number of pyridine rings is 1. The van der Waals surface area contributed by atoms with Gasteiger partial charge in [0.15, 0.2) is 6.61 Å². The molecule has 1 aliphatic rings. The molecule has 1 fully saturated rings. The van der Waals surface area contributed by atoms with Crippen molar-refractivity contribution in [2.24, 2.45) is 0 Å². The van der Waals surface area contributed by atoms with Crippen molar-refractivity contribution in [2.75, 3.05) is 40.4 Å². The highest BCUT2D eigenvalue weighted by atomic mass is 32.1. The minimum absolute atomic E-state index is 0.121. The second kappa shape index (κ2) is 8.99. The lowest BCUT2D eigenvalue weighted by atomic mass is 10.0. The lowest BCUT2D eigenvalue weighted by molar-refractivity contribution is -0.141. The number of nitrogens with zero attached hydrogens (tertiary/aromatic N) is 3. The minimum Gasteiger partial charge on any atom is -0.484 e. The molecule has 1 saturated heterocycles. The van der Waals surface area contributed by atoms with Gasteiger partial charge in [-0.25, -0.2) is 9.37 Å². The van der Waals surface area contributed by atoms with Gasteiger partial charge in [0.25, 0.3) is 11.8 Å². The third-order valence-corrected chi connectivity index (χ3v) is 6.14. The van der Waals surface area contributed by atoms with E-state index in [9.17, 15) is 14.0 Å². The summed E-state index contributed by atoms with van der Waals surface area (Å²) in [5, 5.41) is 0.861. The second-order valence-electron chi connectivity index (χ2n) is 7.34. The molecule has 0 aliphatic carbocycles. The average Bonchev–Trinajstić information content (AvgIpc) is 3.17. The van der Waals surface area contributed by atoms with Crippen molar-refractivity contribution in [2.45, 2.75) is 6.10 Å². The molecule has 162 valence electrons. The Labute approximate surface area is 183 Å². The maximum atomic E-state index is 13.0. The number of benzene rings is 1. The summed E-state index contributed by atoms with van der Waals surface area (Å²) in [6.45, 7) is 0.924. The van der Waals surface area contributed by atoms with E-state index in [2.05, 4.69) is 4.98 Å². The number of amides is 2. The standard InChI is InChI=1S/C22H22FN3O4S/c1-25(2)22(28)20-19(16-4-3-9-24-21(16)31-20)17-12-26(10-11-29-17)18(27)13-30-15-7-5-14(23)6-8-15/h3-9,17H,10-13H2,1-2H3/t17-/m1/s1. The zero-order valence-electron chi connectivity index (χ0n) is 17.2. The van der Waals surface area contributed by atoms with E-state index in [-0.39, 0.29) is 24.2 Å². The number of ether oxygens (including phenoxy) is 2. The fraction of sp³-hybridized carbons (Fsp3) is 0.318. The summed E-state index contributed by atoms with van der Waals surface area (Å²) < 4.78 is 24.5. The summed E-state index contributed by atoms with van der Waals surface area (Å²) >= 11 is 1.33. The molecule has 1 aromatic carbocycles. The first-order valence-electron chi connectivity index (χ1n) is 9.81. The molecule has 1 aliphatic heterocycles. The molecule has 4 rings (SSSR count). The maximum Gasteiger partial charge on any atom is 0.263 e. The molecular formula is C22H22FN3O4S. The predicted molar refractivity (Wildman–Crippen MR) is 115 cm³/mol. The van der Waals surface area contributed by atoms with Crippen LogP contribution < -0.4 is 4.74 Å². The van der Waals surface area contributed by atoms with Crippen molar-refractivity contribution in [3.63, 3.8) is 0 Å². The van der Waals surface area contributed by atoms with Crippen LogP contribution in [-0.2, 0) is 9.53 Å². The highest BCUT2D eigenvalue weighted by molar-refractivity contribution is 7.20. The number of carbonyl (C=O) groups is 2. The lowest BCUT2D eigenvalue weighted by Gasteiger charge is -2.33. The smallest absolute Gasteiger partial charge is 0.263 e. The van der Waals surface area contributed by atoms with E-state index in [1.165, 1.54) is 40.5 Å². The first kappa shape index (κ1) is 21.2. The fourth-order valence-electron chi connectivity index (χ4n) is 3.45. The van der Waals surface area contributed by atoms with Gasteiger partial charge in [0, 0.05) is 37.8 Å². The Hall–Kier alpha value is -3.04. The van der Waals surface area contributed by atoms with Crippen molar-refractivity contribution >= 4 is 33.4 Å². The Kier molecular flexibility index (Phi) is 6.15. The molecule has 0 N–H and O–H groups in total. The van der Waals surface area contributed by atoms with E-state index in [1.54, 1.807) is 25.2 Å². The fourth-order valence-corrected chi connectivity index (χ4v) is 4.67. The van der Waals surface area contributed by atoms with Crippen LogP contribution in [0.3, 0.4) is 0 Å². The number of carbonyl (C=O) groups excluding carboxylic acids is 2. The molecule has 9 heteroatoms. The molecule has 0 spiro atoms. The maximum absolute atomic E-state index is 13.0. The monoisotopic (exact) mass is 443 g/mol. The normalized spacial score (nSPS) is 16.4. The Morgan fingerprint density at radius 2 is 2.06 bits per heavy atom. The highest BCUT2D eigenvalue weighted by Crippen LogP contribution is 2.37. The number of hydrogen-bond donors (Lipinski definition) is 0. The summed E-state index contributed by atoms with van der Waals surface area (Å²) in [7, 11) is 3.41. The first-order chi connectivity index (χ1) is 14.9. The Morgan fingerprint density at radius 3 is 2.81 bits per heavy atom. The number of rotatable bonds is 5. The van der Waals surface area contributed by atoms with E-state index in [0.29, 0.717) is 30.3 Å². The van der Waals surface area contributed by atoms with Crippen LogP contribution in [0, 0.1) is 5.82 Å². The summed E-state index contributed by atoms with van der Waals surface area (Å²) in [4.78, 5) is 34.4. The van der Waals surface area contributed by atoms with Crippen molar-refractivity contribution in [3.05, 3.63) is 58.9 Å². The van der Waals surface area contributed by atoms with Crippen LogP contribution in [0.1, 0.15) is 21.3 Å². The minimum atomic E-state index is -0.444. The zero-order chi connectivity index (χ0) is 22.0. The van der Waals surface area contributed by atoms with Gasteiger partial charge < -0.3 is 19.3 Å². The molecule has 7 nitrogen and oxygen atoms in total. The Bertz CT molecular complexity index is 1100. The van der Waals surface area contributed by atoms with Gasteiger partial charge in [0.2, 0.25) is 0 Å². The molecular weight excluding hydrogens is 421 g/mol. The molecule has 1 atom stereocenters. The lowest BCUT2D eigenvalue weighted by Crippen LogP contribution is -2.44. The summed E-state index contributed by atoms with van der Waals surface area (Å²) in [6.07, 6.45) is 1.25. The molecule has 0 radical (unpaired) electrons. The van der Waals surface area contributed by atoms with Gasteiger partial charge in [-0.1, -0.05) is 6.07 Å². The van der Waals surface area contributed by atoms with Gasteiger partial charge in [0.05, 0.1) is 13.2 Å². The van der Waals surface area contributed by atoms with E-state index < -0.39 is 6.10 Å². The van der Waals surface area contributed by atoms with Crippen LogP contribution in [0.15, 0.2) is 42.6 Å². The summed E-state index contributed by atoms with van der Waals surface area (Å²) in [5.74, 6) is -0.260. The predicted octanol–water partition coefficient (Wildman–Crippen LogP) is 3.12. The highest BCUT2D eigenvalue weighted by Gasteiger charge is 2.32. The van der Waals surface area contributed by atoms with Crippen LogP contribution in [0.2, 0.25) is 0 Å². The number of thiophene rings is 1. The van der Waals surface area contributed by atoms with Crippen molar-refractivity contribution in [1.29, 1.82) is 0 Å². The molecule has 0 saturated carbocycles. The van der Waals surface area contributed by atoms with E-state index in [0.717, 1.165) is 15.8 Å². The number of morpholine rings is 1.